The average molecular weight is 359 g/mol. The molecule has 0 saturated carbocycles. The van der Waals surface area contributed by atoms with E-state index in [1.807, 2.05) is 0 Å². The molecule has 0 aliphatic carbocycles. The van der Waals surface area contributed by atoms with Gasteiger partial charge in [-0.3, -0.25) is 0 Å². The molecule has 0 amide bonds. The Kier molecular flexibility index (Phi) is 12.4. The summed E-state index contributed by atoms with van der Waals surface area (Å²) in [5.41, 5.74) is 5.70. The molecule has 0 spiro atoms. The number of carbonyl (C=O) groups is 1. The van der Waals surface area contributed by atoms with E-state index in [9.17, 15) is 4.79 Å². The van der Waals surface area contributed by atoms with Crippen molar-refractivity contribution in [1.29, 1.82) is 0 Å². The van der Waals surface area contributed by atoms with Crippen LogP contribution in [0.15, 0.2) is 58.7 Å². The van der Waals surface area contributed by atoms with E-state index in [4.69, 9.17) is 4.74 Å². The van der Waals surface area contributed by atoms with Crippen molar-refractivity contribution in [1.82, 2.24) is 0 Å². The zero-order chi connectivity index (χ0) is 20.1. The highest BCUT2D eigenvalue weighted by molar-refractivity contribution is 5.87. The van der Waals surface area contributed by atoms with Crippen LogP contribution in [0.2, 0.25) is 0 Å². The van der Waals surface area contributed by atoms with Gasteiger partial charge in [-0.05, 0) is 80.2 Å². The van der Waals surface area contributed by atoms with E-state index in [1.165, 1.54) is 22.3 Å². The Balaban J connectivity index is 4.93. The van der Waals surface area contributed by atoms with Gasteiger partial charge in [0.25, 0.3) is 0 Å². The molecule has 0 N–H and O–H groups in total. The van der Waals surface area contributed by atoms with Crippen molar-refractivity contribution in [2.45, 2.75) is 86.7 Å². The molecule has 2 heteroatoms. The Labute approximate surface area is 161 Å². The maximum Gasteiger partial charge on any atom is 0.333 e. The van der Waals surface area contributed by atoms with Crippen LogP contribution in [0.4, 0.5) is 0 Å². The number of hydrogen-bond acceptors (Lipinski definition) is 2. The topological polar surface area (TPSA) is 26.3 Å². The van der Waals surface area contributed by atoms with Gasteiger partial charge in [0.15, 0.2) is 0 Å². The van der Waals surface area contributed by atoms with Crippen LogP contribution in [0.1, 0.15) is 80.6 Å². The van der Waals surface area contributed by atoms with E-state index in [-0.39, 0.29) is 12.1 Å². The van der Waals surface area contributed by atoms with E-state index in [2.05, 4.69) is 72.4 Å². The highest BCUT2D eigenvalue weighted by atomic mass is 16.5. The lowest BCUT2D eigenvalue weighted by Crippen LogP contribution is -2.16. The molecule has 0 radical (unpaired) electrons. The quantitative estimate of drug-likeness (QED) is 0.221. The minimum absolute atomic E-state index is 0.232. The van der Waals surface area contributed by atoms with Crippen LogP contribution >= 0.6 is 0 Å². The van der Waals surface area contributed by atoms with E-state index >= 15 is 0 Å². The zero-order valence-corrected chi connectivity index (χ0v) is 17.9. The van der Waals surface area contributed by atoms with Gasteiger partial charge in [0.05, 0.1) is 0 Å². The van der Waals surface area contributed by atoms with Crippen LogP contribution in [0.5, 0.6) is 0 Å². The molecule has 1 unspecified atom stereocenters. The maximum absolute atomic E-state index is 11.9. The molecule has 0 heterocycles. The van der Waals surface area contributed by atoms with Gasteiger partial charge in [-0.2, -0.15) is 0 Å². The third-order valence-corrected chi connectivity index (χ3v) is 3.96. The summed E-state index contributed by atoms with van der Waals surface area (Å²) in [5.74, 6) is -0.320. The van der Waals surface area contributed by atoms with E-state index in [0.29, 0.717) is 12.0 Å². The lowest BCUT2D eigenvalue weighted by Gasteiger charge is -2.15. The van der Waals surface area contributed by atoms with Crippen LogP contribution < -0.4 is 0 Å². The van der Waals surface area contributed by atoms with Crippen molar-refractivity contribution < 1.29 is 9.53 Å². The summed E-state index contributed by atoms with van der Waals surface area (Å²) in [5, 5.41) is 0. The molecule has 0 aliphatic rings. The fourth-order valence-corrected chi connectivity index (χ4v) is 2.39. The van der Waals surface area contributed by atoms with Crippen LogP contribution in [-0.2, 0) is 9.53 Å². The van der Waals surface area contributed by atoms with Crippen LogP contribution in [-0.4, -0.2) is 12.1 Å². The Bertz CT molecular complexity index is 577. The molecule has 26 heavy (non-hydrogen) atoms. The largest absolute Gasteiger partial charge is 0.454 e. The minimum atomic E-state index is -0.320. The van der Waals surface area contributed by atoms with Crippen molar-refractivity contribution in [2.75, 3.05) is 0 Å². The van der Waals surface area contributed by atoms with Crippen molar-refractivity contribution in [2.24, 2.45) is 0 Å². The predicted octanol–water partition coefficient (Wildman–Crippen LogP) is 7.25. The Morgan fingerprint density at radius 1 is 0.846 bits per heavy atom. The average Bonchev–Trinajstić information content (AvgIpc) is 2.51. The number of carbonyl (C=O) groups excluding carboxylic acids is 1. The SMILES string of the molecule is C=C(C)C(=O)OC(/C=C(\C)CCC=C(C)C)C/C=C(\C)CCC=C(C)C. The van der Waals surface area contributed by atoms with E-state index < -0.39 is 0 Å². The van der Waals surface area contributed by atoms with E-state index in [0.717, 1.165) is 25.7 Å². The van der Waals surface area contributed by atoms with Gasteiger partial charge in [-0.1, -0.05) is 47.1 Å². The van der Waals surface area contributed by atoms with Gasteiger partial charge in [0, 0.05) is 12.0 Å². The van der Waals surface area contributed by atoms with Crippen LogP contribution in [0, 0.1) is 0 Å². The molecule has 0 saturated heterocycles. The molecule has 0 aromatic heterocycles. The molecule has 0 rings (SSSR count). The highest BCUT2D eigenvalue weighted by Crippen LogP contribution is 2.15. The summed E-state index contributed by atoms with van der Waals surface area (Å²) in [7, 11) is 0. The highest BCUT2D eigenvalue weighted by Gasteiger charge is 2.12. The molecular weight excluding hydrogens is 320 g/mol. The monoisotopic (exact) mass is 358 g/mol. The second-order valence-corrected chi connectivity index (χ2v) is 7.66. The number of allylic oxidation sites excluding steroid dienone is 6. The summed E-state index contributed by atoms with van der Waals surface area (Å²) in [6, 6.07) is 0. The van der Waals surface area contributed by atoms with Crippen molar-refractivity contribution in [3.05, 3.63) is 58.7 Å². The molecule has 0 aliphatic heterocycles. The van der Waals surface area contributed by atoms with Crippen molar-refractivity contribution in [3.8, 4) is 0 Å². The first-order valence-electron chi connectivity index (χ1n) is 9.58. The predicted molar refractivity (Wildman–Crippen MR) is 114 cm³/mol. The fourth-order valence-electron chi connectivity index (χ4n) is 2.39. The molecule has 1 atom stereocenters. The number of ether oxygens (including phenoxy) is 1. The number of esters is 1. The van der Waals surface area contributed by atoms with Crippen LogP contribution in [0.3, 0.4) is 0 Å². The molecular formula is C24H38O2. The summed E-state index contributed by atoms with van der Waals surface area (Å²) < 4.78 is 5.62. The lowest BCUT2D eigenvalue weighted by atomic mass is 10.0. The van der Waals surface area contributed by atoms with Gasteiger partial charge < -0.3 is 4.74 Å². The molecule has 0 bridgehead atoms. The molecule has 146 valence electrons. The first kappa shape index (κ1) is 24.2. The lowest BCUT2D eigenvalue weighted by molar-refractivity contribution is -0.141. The number of hydrogen-bond donors (Lipinski definition) is 0. The number of rotatable bonds is 11. The Hall–Kier alpha value is -1.83. The molecule has 0 aromatic carbocycles. The van der Waals surface area contributed by atoms with Gasteiger partial charge in [-0.25, -0.2) is 4.79 Å². The van der Waals surface area contributed by atoms with Gasteiger partial charge in [0.1, 0.15) is 6.10 Å². The molecule has 0 aromatic rings. The van der Waals surface area contributed by atoms with E-state index in [1.54, 1.807) is 6.92 Å². The van der Waals surface area contributed by atoms with Gasteiger partial charge in [-0.15, -0.1) is 0 Å². The van der Waals surface area contributed by atoms with Crippen molar-refractivity contribution in [3.63, 3.8) is 0 Å². The third-order valence-electron chi connectivity index (χ3n) is 3.96. The normalized spacial score (nSPS) is 13.0. The summed E-state index contributed by atoms with van der Waals surface area (Å²) in [6.07, 6.45) is 13.3. The first-order valence-corrected chi connectivity index (χ1v) is 9.58. The Morgan fingerprint density at radius 2 is 1.35 bits per heavy atom. The van der Waals surface area contributed by atoms with Crippen LogP contribution in [0.25, 0.3) is 0 Å². The summed E-state index contributed by atoms with van der Waals surface area (Å²) >= 11 is 0. The smallest absolute Gasteiger partial charge is 0.333 e. The first-order chi connectivity index (χ1) is 12.1. The standard InChI is InChI=1S/C24H38O2/c1-18(2)11-9-13-21(7)15-16-23(26-24(25)20(5)6)17-22(8)14-10-12-19(3)4/h11-12,15,17,23H,5,9-10,13-14,16H2,1-4,6-8H3/b21-15+,22-17+. The van der Waals surface area contributed by atoms with Crippen molar-refractivity contribution >= 4 is 5.97 Å². The second-order valence-electron chi connectivity index (χ2n) is 7.66. The minimum Gasteiger partial charge on any atom is -0.454 e. The van der Waals surface area contributed by atoms with Gasteiger partial charge >= 0.3 is 5.97 Å². The summed E-state index contributed by atoms with van der Waals surface area (Å²) in [4.78, 5) is 11.9. The Morgan fingerprint density at radius 3 is 1.81 bits per heavy atom. The zero-order valence-electron chi connectivity index (χ0n) is 17.9. The van der Waals surface area contributed by atoms with Gasteiger partial charge in [0.2, 0.25) is 0 Å². The maximum atomic E-state index is 11.9. The fraction of sp³-hybridized carbons (Fsp3) is 0.542. The summed E-state index contributed by atoms with van der Waals surface area (Å²) in [6.45, 7) is 18.1. The third kappa shape index (κ3) is 13.5. The molecule has 0 fully saturated rings. The molecule has 2 nitrogen and oxygen atoms in total. The second kappa shape index (κ2) is 13.4.